The summed E-state index contributed by atoms with van der Waals surface area (Å²) in [5.41, 5.74) is 0. The van der Waals surface area contributed by atoms with Gasteiger partial charge in [-0.1, -0.05) is 0 Å². The van der Waals surface area contributed by atoms with Gasteiger partial charge in [0.15, 0.2) is 0 Å². The summed E-state index contributed by atoms with van der Waals surface area (Å²) < 4.78 is 52.0. The van der Waals surface area contributed by atoms with Crippen molar-refractivity contribution in [1.29, 1.82) is 0 Å². The molecule has 0 saturated carbocycles. The zero-order chi connectivity index (χ0) is 12.5. The Labute approximate surface area is 98.1 Å². The summed E-state index contributed by atoms with van der Waals surface area (Å²) in [5, 5.41) is 2.99. The first-order valence-electron chi connectivity index (χ1n) is 5.17. The topological polar surface area (TPSA) is 58.2 Å². The third kappa shape index (κ3) is 2.80. The fourth-order valence-corrected chi connectivity index (χ4v) is 3.06. The summed E-state index contributed by atoms with van der Waals surface area (Å²) in [6.45, 7) is 1.24. The van der Waals surface area contributed by atoms with Gasteiger partial charge in [0.2, 0.25) is 10.0 Å². The Morgan fingerprint density at radius 1 is 1.35 bits per heavy atom. The molecule has 2 N–H and O–H groups in total. The predicted octanol–water partition coefficient (Wildman–Crippen LogP) is 0.605. The van der Waals surface area contributed by atoms with Crippen molar-refractivity contribution in [2.45, 2.75) is 17.4 Å². The Kier molecular flexibility index (Phi) is 3.41. The second kappa shape index (κ2) is 4.67. The fourth-order valence-electron chi connectivity index (χ4n) is 1.73. The van der Waals surface area contributed by atoms with E-state index in [9.17, 15) is 17.2 Å². The molecule has 7 heteroatoms. The zero-order valence-corrected chi connectivity index (χ0v) is 9.73. The third-order valence-electron chi connectivity index (χ3n) is 2.57. The minimum atomic E-state index is -3.92. The molecule has 0 radical (unpaired) electrons. The molecule has 0 bridgehead atoms. The third-order valence-corrected chi connectivity index (χ3v) is 4.12. The van der Waals surface area contributed by atoms with Crippen molar-refractivity contribution in [3.05, 3.63) is 29.8 Å². The molecule has 1 atom stereocenters. The van der Waals surface area contributed by atoms with Gasteiger partial charge in [-0.3, -0.25) is 0 Å². The van der Waals surface area contributed by atoms with E-state index in [0.717, 1.165) is 18.7 Å². The molecule has 0 spiro atoms. The van der Waals surface area contributed by atoms with E-state index in [1.807, 2.05) is 0 Å². The van der Waals surface area contributed by atoms with E-state index in [0.29, 0.717) is 19.0 Å². The van der Waals surface area contributed by atoms with Crippen LogP contribution in [0.15, 0.2) is 23.1 Å². The van der Waals surface area contributed by atoms with Crippen LogP contribution in [0.2, 0.25) is 0 Å². The van der Waals surface area contributed by atoms with Crippen LogP contribution in [-0.4, -0.2) is 27.5 Å². The largest absolute Gasteiger partial charge is 0.315 e. The van der Waals surface area contributed by atoms with Crippen LogP contribution in [0.3, 0.4) is 0 Å². The van der Waals surface area contributed by atoms with Crippen molar-refractivity contribution in [3.63, 3.8) is 0 Å². The molecule has 17 heavy (non-hydrogen) atoms. The number of nitrogens with one attached hydrogen (secondary N) is 2. The molecule has 4 nitrogen and oxygen atoms in total. The normalized spacial score (nSPS) is 20.7. The first kappa shape index (κ1) is 12.4. The van der Waals surface area contributed by atoms with Gasteiger partial charge in [-0.05, 0) is 25.1 Å². The molecule has 94 valence electrons. The molecule has 0 unspecified atom stereocenters. The van der Waals surface area contributed by atoms with E-state index in [1.54, 1.807) is 0 Å². The van der Waals surface area contributed by atoms with E-state index < -0.39 is 26.6 Å². The highest BCUT2D eigenvalue weighted by Crippen LogP contribution is 2.16. The summed E-state index contributed by atoms with van der Waals surface area (Å²) in [4.78, 5) is -0.522. The van der Waals surface area contributed by atoms with Gasteiger partial charge in [-0.2, -0.15) is 0 Å². The summed E-state index contributed by atoms with van der Waals surface area (Å²) >= 11 is 0. The highest BCUT2D eigenvalue weighted by atomic mass is 32.2. The molecule has 1 aliphatic heterocycles. The number of hydrogen-bond acceptors (Lipinski definition) is 3. The molecule has 0 amide bonds. The van der Waals surface area contributed by atoms with E-state index >= 15 is 0 Å². The standard InChI is InChI=1S/C10H12F2N2O2S/c11-7-1-2-10(9(12)5-7)17(15,16)14-8-3-4-13-6-8/h1-2,5,8,13-14H,3-4,6H2/t8-/m0/s1. The Morgan fingerprint density at radius 3 is 2.71 bits per heavy atom. The van der Waals surface area contributed by atoms with Crippen LogP contribution >= 0.6 is 0 Å². The highest BCUT2D eigenvalue weighted by Gasteiger charge is 2.25. The Bertz CT molecular complexity index is 513. The molecule has 1 aliphatic rings. The van der Waals surface area contributed by atoms with Crippen LogP contribution in [0.5, 0.6) is 0 Å². The van der Waals surface area contributed by atoms with Crippen molar-refractivity contribution in [3.8, 4) is 0 Å². The molecule has 1 aromatic carbocycles. The highest BCUT2D eigenvalue weighted by molar-refractivity contribution is 7.89. The molecule has 0 aliphatic carbocycles. The maximum atomic E-state index is 13.3. The zero-order valence-electron chi connectivity index (χ0n) is 8.91. The molecule has 1 saturated heterocycles. The average molecular weight is 262 g/mol. The number of hydrogen-bond donors (Lipinski definition) is 2. The quantitative estimate of drug-likeness (QED) is 0.839. The monoisotopic (exact) mass is 262 g/mol. The SMILES string of the molecule is O=S(=O)(N[C@H]1CCNC1)c1ccc(F)cc1F. The minimum absolute atomic E-state index is 0.246. The van der Waals surface area contributed by atoms with Crippen LogP contribution in [0.25, 0.3) is 0 Å². The fraction of sp³-hybridized carbons (Fsp3) is 0.400. The van der Waals surface area contributed by atoms with Gasteiger partial charge >= 0.3 is 0 Å². The van der Waals surface area contributed by atoms with Crippen LogP contribution in [0.4, 0.5) is 8.78 Å². The maximum absolute atomic E-state index is 13.3. The predicted molar refractivity (Wildman–Crippen MR) is 58.0 cm³/mol. The first-order valence-corrected chi connectivity index (χ1v) is 6.65. The van der Waals surface area contributed by atoms with E-state index in [1.165, 1.54) is 0 Å². The molecule has 1 fully saturated rings. The molecule has 0 aromatic heterocycles. The van der Waals surface area contributed by atoms with Gasteiger partial charge < -0.3 is 5.32 Å². The molecule has 2 rings (SSSR count). The average Bonchev–Trinajstić information content (AvgIpc) is 2.68. The van der Waals surface area contributed by atoms with Gasteiger partial charge in [0.1, 0.15) is 16.5 Å². The van der Waals surface area contributed by atoms with Gasteiger partial charge in [0, 0.05) is 18.7 Å². The summed E-state index contributed by atoms with van der Waals surface area (Å²) in [5.74, 6) is -1.88. The Balaban J connectivity index is 2.24. The molecule has 1 aromatic rings. The number of sulfonamides is 1. The van der Waals surface area contributed by atoms with Crippen molar-refractivity contribution in [2.24, 2.45) is 0 Å². The summed E-state index contributed by atoms with van der Waals surface area (Å²) in [7, 11) is -3.92. The van der Waals surface area contributed by atoms with E-state index in [2.05, 4.69) is 10.0 Å². The van der Waals surface area contributed by atoms with Crippen molar-refractivity contribution in [1.82, 2.24) is 10.0 Å². The first-order chi connectivity index (χ1) is 7.99. The lowest BCUT2D eigenvalue weighted by Gasteiger charge is -2.12. The van der Waals surface area contributed by atoms with Gasteiger partial charge in [-0.15, -0.1) is 0 Å². The molecular formula is C10H12F2N2O2S. The summed E-state index contributed by atoms with van der Waals surface area (Å²) in [6, 6.07) is 2.16. The van der Waals surface area contributed by atoms with Crippen LogP contribution in [0.1, 0.15) is 6.42 Å². The van der Waals surface area contributed by atoms with Gasteiger partial charge in [0.25, 0.3) is 0 Å². The van der Waals surface area contributed by atoms with Crippen LogP contribution in [0, 0.1) is 11.6 Å². The lowest BCUT2D eigenvalue weighted by Crippen LogP contribution is -2.36. The van der Waals surface area contributed by atoms with E-state index in [4.69, 9.17) is 0 Å². The van der Waals surface area contributed by atoms with Crippen LogP contribution < -0.4 is 10.0 Å². The molecular weight excluding hydrogens is 250 g/mol. The number of halogens is 2. The van der Waals surface area contributed by atoms with Gasteiger partial charge in [-0.25, -0.2) is 21.9 Å². The Morgan fingerprint density at radius 2 is 2.12 bits per heavy atom. The lowest BCUT2D eigenvalue weighted by molar-refractivity contribution is 0.533. The van der Waals surface area contributed by atoms with E-state index in [-0.39, 0.29) is 6.04 Å². The number of benzene rings is 1. The second-order valence-corrected chi connectivity index (χ2v) is 5.57. The summed E-state index contributed by atoms with van der Waals surface area (Å²) in [6.07, 6.45) is 0.655. The van der Waals surface area contributed by atoms with Crippen LogP contribution in [-0.2, 0) is 10.0 Å². The number of rotatable bonds is 3. The maximum Gasteiger partial charge on any atom is 0.243 e. The van der Waals surface area contributed by atoms with Gasteiger partial charge in [0.05, 0.1) is 0 Å². The minimum Gasteiger partial charge on any atom is -0.315 e. The van der Waals surface area contributed by atoms with Crippen molar-refractivity contribution in [2.75, 3.05) is 13.1 Å². The lowest BCUT2D eigenvalue weighted by atomic mass is 10.3. The Hall–Kier alpha value is -1.05. The van der Waals surface area contributed by atoms with Crippen molar-refractivity contribution >= 4 is 10.0 Å². The second-order valence-electron chi connectivity index (χ2n) is 3.89. The smallest absolute Gasteiger partial charge is 0.243 e. The van der Waals surface area contributed by atoms with Crippen molar-refractivity contribution < 1.29 is 17.2 Å². The molecule has 1 heterocycles.